The number of aromatic nitrogens is 2. The molecule has 0 radical (unpaired) electrons. The number of anilines is 2. The van der Waals surface area contributed by atoms with E-state index < -0.39 is 0 Å². The third-order valence-corrected chi connectivity index (χ3v) is 3.30. The van der Waals surface area contributed by atoms with Crippen molar-refractivity contribution < 1.29 is 4.74 Å². The van der Waals surface area contributed by atoms with Crippen LogP contribution in [0.15, 0.2) is 60.9 Å². The predicted molar refractivity (Wildman–Crippen MR) is 84.1 cm³/mol. The van der Waals surface area contributed by atoms with Crippen LogP contribution in [0.25, 0.3) is 0 Å². The molecule has 0 spiro atoms. The minimum Gasteiger partial charge on any atom is -0.496 e. The summed E-state index contributed by atoms with van der Waals surface area (Å²) in [6.45, 7) is 0. The minimum atomic E-state index is 0.743. The Morgan fingerprint density at radius 3 is 2.62 bits per heavy atom. The largest absolute Gasteiger partial charge is 0.496 e. The zero-order chi connectivity index (χ0) is 14.5. The fourth-order valence-corrected chi connectivity index (χ4v) is 2.25. The Hall–Kier alpha value is -2.75. The van der Waals surface area contributed by atoms with E-state index in [1.165, 1.54) is 11.1 Å². The van der Waals surface area contributed by atoms with E-state index in [1.54, 1.807) is 19.5 Å². The number of ether oxygens (including phenoxy) is 1. The van der Waals surface area contributed by atoms with E-state index in [-0.39, 0.29) is 0 Å². The molecule has 0 saturated heterocycles. The zero-order valence-electron chi connectivity index (χ0n) is 11.8. The fraction of sp³-hybridized carbons (Fsp3) is 0.118. The molecular formula is C17H17N3O. The maximum absolute atomic E-state index is 5.39. The molecule has 4 heteroatoms. The average molecular weight is 279 g/mol. The summed E-state index contributed by atoms with van der Waals surface area (Å²) in [7, 11) is 1.70. The molecule has 4 nitrogen and oxygen atoms in total. The van der Waals surface area contributed by atoms with Gasteiger partial charge in [-0.05, 0) is 29.3 Å². The second kappa shape index (κ2) is 6.13. The van der Waals surface area contributed by atoms with Crippen LogP contribution in [0.3, 0.4) is 0 Å². The van der Waals surface area contributed by atoms with E-state index in [1.807, 2.05) is 30.3 Å². The first kappa shape index (κ1) is 13.2. The molecule has 106 valence electrons. The lowest BCUT2D eigenvalue weighted by atomic mass is 10.0. The van der Waals surface area contributed by atoms with Crippen molar-refractivity contribution >= 4 is 11.6 Å². The number of hydrogen-bond donors (Lipinski definition) is 2. The van der Waals surface area contributed by atoms with Crippen LogP contribution < -0.4 is 10.1 Å². The SMILES string of the molecule is COc1ccccc1Cc1ccc(Nc2ncc[nH]2)cc1. The Morgan fingerprint density at radius 2 is 1.90 bits per heavy atom. The van der Waals surface area contributed by atoms with Crippen molar-refractivity contribution in [2.45, 2.75) is 6.42 Å². The summed E-state index contributed by atoms with van der Waals surface area (Å²) in [4.78, 5) is 7.16. The number of aromatic amines is 1. The number of H-pyrrole nitrogens is 1. The van der Waals surface area contributed by atoms with E-state index in [0.29, 0.717) is 0 Å². The smallest absolute Gasteiger partial charge is 0.204 e. The first-order valence-electron chi connectivity index (χ1n) is 6.82. The zero-order valence-corrected chi connectivity index (χ0v) is 11.8. The molecule has 0 aliphatic heterocycles. The number of benzene rings is 2. The lowest BCUT2D eigenvalue weighted by Crippen LogP contribution is -1.95. The summed E-state index contributed by atoms with van der Waals surface area (Å²) in [6.07, 6.45) is 4.36. The molecule has 0 atom stereocenters. The first-order chi connectivity index (χ1) is 10.3. The minimum absolute atomic E-state index is 0.743. The van der Waals surface area contributed by atoms with E-state index in [9.17, 15) is 0 Å². The quantitative estimate of drug-likeness (QED) is 0.747. The van der Waals surface area contributed by atoms with Gasteiger partial charge in [0.25, 0.3) is 0 Å². The van der Waals surface area contributed by atoms with E-state index in [4.69, 9.17) is 4.74 Å². The molecule has 0 saturated carbocycles. The highest BCUT2D eigenvalue weighted by atomic mass is 16.5. The molecule has 1 aromatic heterocycles. The number of para-hydroxylation sites is 1. The van der Waals surface area contributed by atoms with Gasteiger partial charge in [-0.3, -0.25) is 0 Å². The average Bonchev–Trinajstić information content (AvgIpc) is 3.03. The topological polar surface area (TPSA) is 49.9 Å². The maximum atomic E-state index is 5.39. The molecule has 21 heavy (non-hydrogen) atoms. The number of methoxy groups -OCH3 is 1. The van der Waals surface area contributed by atoms with Crippen molar-refractivity contribution in [2.75, 3.05) is 12.4 Å². The second-order valence-electron chi connectivity index (χ2n) is 4.75. The third-order valence-electron chi connectivity index (χ3n) is 3.30. The van der Waals surface area contributed by atoms with Gasteiger partial charge in [0.05, 0.1) is 7.11 Å². The van der Waals surface area contributed by atoms with Gasteiger partial charge in [-0.15, -0.1) is 0 Å². The highest BCUT2D eigenvalue weighted by Crippen LogP contribution is 2.22. The van der Waals surface area contributed by atoms with Gasteiger partial charge >= 0.3 is 0 Å². The molecule has 0 unspecified atom stereocenters. The molecule has 3 rings (SSSR count). The predicted octanol–water partition coefficient (Wildman–Crippen LogP) is 3.75. The van der Waals surface area contributed by atoms with Gasteiger partial charge in [0.1, 0.15) is 5.75 Å². The van der Waals surface area contributed by atoms with Crippen LogP contribution in [0.5, 0.6) is 5.75 Å². The number of imidazole rings is 1. The Balaban J connectivity index is 1.72. The fourth-order valence-electron chi connectivity index (χ4n) is 2.25. The number of nitrogens with one attached hydrogen (secondary N) is 2. The van der Waals surface area contributed by atoms with Crippen molar-refractivity contribution in [3.05, 3.63) is 72.1 Å². The summed E-state index contributed by atoms with van der Waals surface area (Å²) in [6, 6.07) is 16.4. The van der Waals surface area contributed by atoms with Crippen molar-refractivity contribution in [1.82, 2.24) is 9.97 Å². The van der Waals surface area contributed by atoms with Crippen LogP contribution in [0.2, 0.25) is 0 Å². The van der Waals surface area contributed by atoms with Crippen LogP contribution in [-0.4, -0.2) is 17.1 Å². The van der Waals surface area contributed by atoms with Gasteiger partial charge in [0.2, 0.25) is 5.95 Å². The van der Waals surface area contributed by atoms with Crippen LogP contribution in [0.1, 0.15) is 11.1 Å². The first-order valence-corrected chi connectivity index (χ1v) is 6.82. The number of hydrogen-bond acceptors (Lipinski definition) is 3. The van der Waals surface area contributed by atoms with E-state index >= 15 is 0 Å². The molecule has 0 fully saturated rings. The normalized spacial score (nSPS) is 10.3. The molecule has 0 aliphatic carbocycles. The molecule has 0 aliphatic rings. The molecular weight excluding hydrogens is 262 g/mol. The van der Waals surface area contributed by atoms with Crippen LogP contribution >= 0.6 is 0 Å². The summed E-state index contributed by atoms with van der Waals surface area (Å²) in [5, 5.41) is 3.21. The van der Waals surface area contributed by atoms with Gasteiger partial charge < -0.3 is 15.0 Å². The maximum Gasteiger partial charge on any atom is 0.204 e. The van der Waals surface area contributed by atoms with Gasteiger partial charge in [0, 0.05) is 24.5 Å². The van der Waals surface area contributed by atoms with Gasteiger partial charge in [-0.25, -0.2) is 4.98 Å². The highest BCUT2D eigenvalue weighted by Gasteiger charge is 2.03. The lowest BCUT2D eigenvalue weighted by molar-refractivity contribution is 0.410. The molecule has 3 aromatic rings. The van der Waals surface area contributed by atoms with Crippen molar-refractivity contribution in [1.29, 1.82) is 0 Å². The van der Waals surface area contributed by atoms with Gasteiger partial charge in [0.15, 0.2) is 0 Å². The standard InChI is InChI=1S/C17H17N3O/c1-21-16-5-3-2-4-14(16)12-13-6-8-15(9-7-13)20-17-18-10-11-19-17/h2-11H,12H2,1H3,(H2,18,19,20). The molecule has 0 bridgehead atoms. The summed E-state index contributed by atoms with van der Waals surface area (Å²) >= 11 is 0. The molecule has 1 heterocycles. The second-order valence-corrected chi connectivity index (χ2v) is 4.75. The van der Waals surface area contributed by atoms with Crippen LogP contribution in [0.4, 0.5) is 11.6 Å². The lowest BCUT2D eigenvalue weighted by Gasteiger charge is -2.09. The summed E-state index contributed by atoms with van der Waals surface area (Å²) in [5.41, 5.74) is 3.44. The Morgan fingerprint density at radius 1 is 1.10 bits per heavy atom. The van der Waals surface area contributed by atoms with Gasteiger partial charge in [-0.2, -0.15) is 0 Å². The van der Waals surface area contributed by atoms with E-state index in [0.717, 1.165) is 23.8 Å². The van der Waals surface area contributed by atoms with Crippen molar-refractivity contribution in [3.63, 3.8) is 0 Å². The molecule has 2 aromatic carbocycles. The monoisotopic (exact) mass is 279 g/mol. The molecule has 0 amide bonds. The number of nitrogens with zero attached hydrogens (tertiary/aromatic N) is 1. The number of rotatable bonds is 5. The van der Waals surface area contributed by atoms with Crippen LogP contribution in [-0.2, 0) is 6.42 Å². The van der Waals surface area contributed by atoms with Crippen molar-refractivity contribution in [2.24, 2.45) is 0 Å². The molecule has 2 N–H and O–H groups in total. The van der Waals surface area contributed by atoms with Gasteiger partial charge in [-0.1, -0.05) is 30.3 Å². The van der Waals surface area contributed by atoms with Crippen LogP contribution in [0, 0.1) is 0 Å². The highest BCUT2D eigenvalue weighted by molar-refractivity contribution is 5.54. The summed E-state index contributed by atoms with van der Waals surface area (Å²) in [5.74, 6) is 1.67. The van der Waals surface area contributed by atoms with E-state index in [2.05, 4.69) is 33.5 Å². The Kier molecular flexibility index (Phi) is 3.87. The third kappa shape index (κ3) is 3.23. The Labute approximate surface area is 123 Å². The Bertz CT molecular complexity index is 690. The van der Waals surface area contributed by atoms with Crippen molar-refractivity contribution in [3.8, 4) is 5.75 Å². The summed E-state index contributed by atoms with van der Waals surface area (Å²) < 4.78 is 5.39.